The van der Waals surface area contributed by atoms with Crippen molar-refractivity contribution in [2.24, 2.45) is 0 Å². The number of aromatic nitrogens is 2. The number of hydrogen-bond donors (Lipinski definition) is 1. The number of nitrogens with one attached hydrogen (secondary N) is 1. The van der Waals surface area contributed by atoms with E-state index < -0.39 is 0 Å². The molecule has 100 valence electrons. The first-order valence-electron chi connectivity index (χ1n) is 6.84. The first kappa shape index (κ1) is 12.4. The minimum atomic E-state index is 0.274. The van der Waals surface area contributed by atoms with Crippen LogP contribution >= 0.6 is 0 Å². The molecule has 2 heterocycles. The molecular weight excluding hydrogens is 238 g/mol. The van der Waals surface area contributed by atoms with Crippen molar-refractivity contribution in [1.82, 2.24) is 15.5 Å². The van der Waals surface area contributed by atoms with Crippen LogP contribution in [0.2, 0.25) is 0 Å². The zero-order chi connectivity index (χ0) is 13.2. The van der Waals surface area contributed by atoms with Crippen molar-refractivity contribution >= 4 is 0 Å². The first-order valence-corrected chi connectivity index (χ1v) is 6.84. The summed E-state index contributed by atoms with van der Waals surface area (Å²) < 4.78 is 5.37. The van der Waals surface area contributed by atoms with Crippen molar-refractivity contribution in [2.75, 3.05) is 6.54 Å². The Kier molecular flexibility index (Phi) is 3.34. The highest BCUT2D eigenvalue weighted by Gasteiger charge is 2.21. The van der Waals surface area contributed by atoms with Crippen LogP contribution in [0.15, 0.2) is 22.7 Å². The average Bonchev–Trinajstić information content (AvgIpc) is 3.04. The quantitative estimate of drug-likeness (QED) is 0.918. The van der Waals surface area contributed by atoms with Crippen LogP contribution in [0.1, 0.15) is 47.3 Å². The largest absolute Gasteiger partial charge is 0.339 e. The summed E-state index contributed by atoms with van der Waals surface area (Å²) in [6, 6.07) is 6.73. The topological polar surface area (TPSA) is 51.0 Å². The lowest BCUT2D eigenvalue weighted by atomic mass is 10.0. The van der Waals surface area contributed by atoms with Gasteiger partial charge in [0.1, 0.15) is 0 Å². The van der Waals surface area contributed by atoms with Gasteiger partial charge in [-0.1, -0.05) is 28.9 Å². The van der Waals surface area contributed by atoms with Gasteiger partial charge in [0.05, 0.1) is 12.5 Å². The van der Waals surface area contributed by atoms with E-state index in [1.807, 2.05) is 0 Å². The molecule has 4 nitrogen and oxygen atoms in total. The summed E-state index contributed by atoms with van der Waals surface area (Å²) in [6.45, 7) is 5.26. The second kappa shape index (κ2) is 5.13. The zero-order valence-electron chi connectivity index (χ0n) is 11.4. The minimum Gasteiger partial charge on any atom is -0.339 e. The van der Waals surface area contributed by atoms with Crippen LogP contribution in [-0.4, -0.2) is 16.7 Å². The summed E-state index contributed by atoms with van der Waals surface area (Å²) in [6.07, 6.45) is 3.00. The molecule has 1 aromatic heterocycles. The van der Waals surface area contributed by atoms with Gasteiger partial charge in [-0.25, -0.2) is 0 Å². The Morgan fingerprint density at radius 3 is 3.05 bits per heavy atom. The van der Waals surface area contributed by atoms with Gasteiger partial charge in [0.2, 0.25) is 5.89 Å². The molecule has 1 atom stereocenters. The van der Waals surface area contributed by atoms with Crippen LogP contribution in [0.3, 0.4) is 0 Å². The smallest absolute Gasteiger partial charge is 0.231 e. The second-order valence-electron chi connectivity index (χ2n) is 5.30. The Balaban J connectivity index is 1.77. The fraction of sp³-hybridized carbons (Fsp3) is 0.467. The lowest BCUT2D eigenvalue weighted by Crippen LogP contribution is -2.14. The van der Waals surface area contributed by atoms with Crippen molar-refractivity contribution in [2.45, 2.75) is 39.2 Å². The molecule has 1 N–H and O–H groups in total. The molecule has 3 rings (SSSR count). The molecular formula is C15H19N3O. The average molecular weight is 257 g/mol. The van der Waals surface area contributed by atoms with Crippen molar-refractivity contribution in [3.63, 3.8) is 0 Å². The Bertz CT molecular complexity index is 571. The molecule has 19 heavy (non-hydrogen) atoms. The van der Waals surface area contributed by atoms with E-state index in [-0.39, 0.29) is 6.04 Å². The van der Waals surface area contributed by atoms with Gasteiger partial charge in [-0.15, -0.1) is 0 Å². The van der Waals surface area contributed by atoms with Crippen LogP contribution < -0.4 is 5.32 Å². The van der Waals surface area contributed by atoms with Crippen LogP contribution in [0.4, 0.5) is 0 Å². The first-order chi connectivity index (χ1) is 9.22. The van der Waals surface area contributed by atoms with E-state index in [0.717, 1.165) is 18.8 Å². The van der Waals surface area contributed by atoms with Crippen LogP contribution in [0.5, 0.6) is 0 Å². The molecule has 0 radical (unpaired) electrons. The summed E-state index contributed by atoms with van der Waals surface area (Å²) in [7, 11) is 0. The highest BCUT2D eigenvalue weighted by Crippen LogP contribution is 2.21. The number of nitrogens with zero attached hydrogens (tertiary/aromatic N) is 2. The van der Waals surface area contributed by atoms with Crippen molar-refractivity contribution in [3.8, 4) is 0 Å². The molecule has 0 aliphatic carbocycles. The number of hydrogen-bond acceptors (Lipinski definition) is 4. The van der Waals surface area contributed by atoms with E-state index >= 15 is 0 Å². The molecule has 0 amide bonds. The molecule has 0 saturated carbocycles. The van der Waals surface area contributed by atoms with Gasteiger partial charge in [0, 0.05) is 0 Å². The molecule has 1 unspecified atom stereocenters. The van der Waals surface area contributed by atoms with E-state index in [1.165, 1.54) is 23.1 Å². The second-order valence-corrected chi connectivity index (χ2v) is 5.30. The highest BCUT2D eigenvalue weighted by molar-refractivity contribution is 5.32. The summed E-state index contributed by atoms with van der Waals surface area (Å²) in [5.74, 6) is 1.51. The predicted molar refractivity (Wildman–Crippen MR) is 73.0 cm³/mol. The van der Waals surface area contributed by atoms with Gasteiger partial charge in [-0.2, -0.15) is 4.98 Å². The van der Waals surface area contributed by atoms with E-state index in [1.54, 1.807) is 0 Å². The molecule has 1 aliphatic rings. The fourth-order valence-electron chi connectivity index (χ4n) is 2.54. The minimum absolute atomic E-state index is 0.274. The third-order valence-electron chi connectivity index (χ3n) is 3.70. The number of benzene rings is 1. The Labute approximate surface area is 113 Å². The highest BCUT2D eigenvalue weighted by atomic mass is 16.5. The number of rotatable bonds is 3. The van der Waals surface area contributed by atoms with Gasteiger partial charge < -0.3 is 9.84 Å². The van der Waals surface area contributed by atoms with Crippen LogP contribution in [0.25, 0.3) is 0 Å². The maximum Gasteiger partial charge on any atom is 0.231 e. The maximum atomic E-state index is 5.37. The number of aryl methyl sites for hydroxylation is 2. The van der Waals surface area contributed by atoms with E-state index in [0.29, 0.717) is 12.3 Å². The molecule has 0 bridgehead atoms. The SMILES string of the molecule is Cc1ccc(C)c(Cc2nc(C3CCCN3)no2)c1. The Hall–Kier alpha value is -1.68. The van der Waals surface area contributed by atoms with E-state index in [2.05, 4.69) is 47.5 Å². The maximum absolute atomic E-state index is 5.37. The third kappa shape index (κ3) is 2.68. The van der Waals surface area contributed by atoms with Crippen LogP contribution in [0, 0.1) is 13.8 Å². The molecule has 1 aromatic carbocycles. The molecule has 2 aromatic rings. The van der Waals surface area contributed by atoms with Gasteiger partial charge in [-0.3, -0.25) is 0 Å². The zero-order valence-corrected chi connectivity index (χ0v) is 11.4. The van der Waals surface area contributed by atoms with Crippen LogP contribution in [-0.2, 0) is 6.42 Å². The summed E-state index contributed by atoms with van der Waals surface area (Å²) in [4.78, 5) is 4.52. The standard InChI is InChI=1S/C15H19N3O/c1-10-5-6-11(2)12(8-10)9-14-17-15(18-19-14)13-4-3-7-16-13/h5-6,8,13,16H,3-4,7,9H2,1-2H3. The Morgan fingerprint density at radius 1 is 1.37 bits per heavy atom. The van der Waals surface area contributed by atoms with E-state index in [4.69, 9.17) is 4.52 Å². The monoisotopic (exact) mass is 257 g/mol. The summed E-state index contributed by atoms with van der Waals surface area (Å²) in [5, 5.41) is 7.48. The van der Waals surface area contributed by atoms with Crippen molar-refractivity contribution < 1.29 is 4.52 Å². The normalized spacial score (nSPS) is 18.9. The van der Waals surface area contributed by atoms with Crippen molar-refractivity contribution in [3.05, 3.63) is 46.6 Å². The van der Waals surface area contributed by atoms with Gasteiger partial charge in [0.25, 0.3) is 0 Å². The lowest BCUT2D eigenvalue weighted by molar-refractivity contribution is 0.373. The lowest BCUT2D eigenvalue weighted by Gasteiger charge is -2.04. The predicted octanol–water partition coefficient (Wildman–Crippen LogP) is 2.70. The molecule has 0 spiro atoms. The van der Waals surface area contributed by atoms with E-state index in [9.17, 15) is 0 Å². The third-order valence-corrected chi connectivity index (χ3v) is 3.70. The molecule has 1 saturated heterocycles. The molecule has 4 heteroatoms. The molecule has 1 aliphatic heterocycles. The summed E-state index contributed by atoms with van der Waals surface area (Å²) >= 11 is 0. The van der Waals surface area contributed by atoms with Gasteiger partial charge >= 0.3 is 0 Å². The van der Waals surface area contributed by atoms with Gasteiger partial charge in [-0.05, 0) is 44.4 Å². The fourth-order valence-corrected chi connectivity index (χ4v) is 2.54. The molecule has 1 fully saturated rings. The van der Waals surface area contributed by atoms with Crippen molar-refractivity contribution in [1.29, 1.82) is 0 Å². The van der Waals surface area contributed by atoms with Gasteiger partial charge in [0.15, 0.2) is 5.82 Å². The Morgan fingerprint density at radius 2 is 2.26 bits per heavy atom. The summed E-state index contributed by atoms with van der Waals surface area (Å²) in [5.41, 5.74) is 3.79.